The topological polar surface area (TPSA) is 71.5 Å². The van der Waals surface area contributed by atoms with Crippen molar-refractivity contribution in [2.45, 2.75) is 12.8 Å². The lowest BCUT2D eigenvalue weighted by Crippen LogP contribution is -2.28. The number of pyridine rings is 1. The number of aliphatic hydroxyl groups is 1. The number of halogens is 2. The molecule has 1 amide bonds. The molecule has 5 nitrogen and oxygen atoms in total. The standard InChI is InChI=1S/C14H16F2N2O3/c15-13(16)10-21-8-6-18-14(20)12-4-5-17-9-11(12)3-1-2-7-19/h4-5,9,13,19H,2,6-8,10H2,(H,18,20). The summed E-state index contributed by atoms with van der Waals surface area (Å²) in [6.07, 6.45) is 0.693. The minimum Gasteiger partial charge on any atom is -0.395 e. The SMILES string of the molecule is O=C(NCCOCC(F)F)c1ccncc1C#CCCO. The van der Waals surface area contributed by atoms with Crippen LogP contribution in [-0.2, 0) is 4.74 Å². The molecule has 0 radical (unpaired) electrons. The summed E-state index contributed by atoms with van der Waals surface area (Å²) >= 11 is 0. The number of ether oxygens (including phenoxy) is 1. The largest absolute Gasteiger partial charge is 0.395 e. The molecule has 1 aromatic rings. The van der Waals surface area contributed by atoms with E-state index < -0.39 is 13.0 Å². The van der Waals surface area contributed by atoms with Crippen LogP contribution in [-0.4, -0.2) is 48.8 Å². The molecular formula is C14H16F2N2O3. The van der Waals surface area contributed by atoms with E-state index in [0.29, 0.717) is 17.5 Å². The van der Waals surface area contributed by atoms with Crippen LogP contribution in [0.25, 0.3) is 0 Å². The third kappa shape index (κ3) is 6.79. The first-order valence-electron chi connectivity index (χ1n) is 6.33. The van der Waals surface area contributed by atoms with E-state index in [4.69, 9.17) is 5.11 Å². The molecule has 0 saturated heterocycles. The minimum absolute atomic E-state index is 0.00663. The molecule has 7 heteroatoms. The second kappa shape index (κ2) is 9.80. The zero-order valence-electron chi connectivity index (χ0n) is 11.3. The smallest absolute Gasteiger partial charge is 0.261 e. The molecule has 0 aliphatic heterocycles. The Morgan fingerprint density at radius 1 is 1.52 bits per heavy atom. The lowest BCUT2D eigenvalue weighted by molar-refractivity contribution is 0.0188. The van der Waals surface area contributed by atoms with Gasteiger partial charge in [0.15, 0.2) is 0 Å². The van der Waals surface area contributed by atoms with E-state index in [0.717, 1.165) is 0 Å². The van der Waals surface area contributed by atoms with Gasteiger partial charge in [0.1, 0.15) is 6.61 Å². The van der Waals surface area contributed by atoms with Gasteiger partial charge in [-0.2, -0.15) is 0 Å². The third-order valence-corrected chi connectivity index (χ3v) is 2.30. The van der Waals surface area contributed by atoms with Gasteiger partial charge < -0.3 is 15.2 Å². The first kappa shape index (κ1) is 17.0. The van der Waals surface area contributed by atoms with Crippen LogP contribution in [0, 0.1) is 11.8 Å². The molecule has 0 fully saturated rings. The van der Waals surface area contributed by atoms with Gasteiger partial charge in [-0.05, 0) is 6.07 Å². The Kier molecular flexibility index (Phi) is 7.94. The Morgan fingerprint density at radius 3 is 3.05 bits per heavy atom. The average Bonchev–Trinajstić information content (AvgIpc) is 2.47. The maximum Gasteiger partial charge on any atom is 0.261 e. The van der Waals surface area contributed by atoms with Gasteiger partial charge in [0.2, 0.25) is 0 Å². The van der Waals surface area contributed by atoms with Crippen LogP contribution in [0.5, 0.6) is 0 Å². The Morgan fingerprint density at radius 2 is 2.33 bits per heavy atom. The van der Waals surface area contributed by atoms with E-state index in [2.05, 4.69) is 26.9 Å². The summed E-state index contributed by atoms with van der Waals surface area (Å²) in [5.74, 6) is 5.07. The highest BCUT2D eigenvalue weighted by Crippen LogP contribution is 2.05. The molecule has 0 aliphatic rings. The van der Waals surface area contributed by atoms with Gasteiger partial charge in [-0.15, -0.1) is 0 Å². The van der Waals surface area contributed by atoms with Crippen LogP contribution in [0.3, 0.4) is 0 Å². The first-order valence-corrected chi connectivity index (χ1v) is 6.33. The van der Waals surface area contributed by atoms with Gasteiger partial charge in [0, 0.05) is 25.4 Å². The van der Waals surface area contributed by atoms with Gasteiger partial charge in [0.05, 0.1) is 24.3 Å². The second-order valence-corrected chi connectivity index (χ2v) is 3.92. The molecule has 0 spiro atoms. The average molecular weight is 298 g/mol. The number of aromatic nitrogens is 1. The fourth-order valence-electron chi connectivity index (χ4n) is 1.41. The minimum atomic E-state index is -2.52. The first-order chi connectivity index (χ1) is 10.1. The summed E-state index contributed by atoms with van der Waals surface area (Å²) < 4.78 is 28.3. The van der Waals surface area contributed by atoms with E-state index in [-0.39, 0.29) is 25.7 Å². The molecule has 0 aromatic carbocycles. The molecule has 0 unspecified atom stereocenters. The second-order valence-electron chi connectivity index (χ2n) is 3.92. The quantitative estimate of drug-likeness (QED) is 0.578. The highest BCUT2D eigenvalue weighted by molar-refractivity contribution is 5.96. The molecule has 21 heavy (non-hydrogen) atoms. The van der Waals surface area contributed by atoms with Crippen LogP contribution in [0.15, 0.2) is 18.5 Å². The monoisotopic (exact) mass is 298 g/mol. The van der Waals surface area contributed by atoms with Gasteiger partial charge >= 0.3 is 0 Å². The van der Waals surface area contributed by atoms with Gasteiger partial charge in [-0.25, -0.2) is 8.78 Å². The normalized spacial score (nSPS) is 10.1. The predicted molar refractivity (Wildman–Crippen MR) is 72.0 cm³/mol. The molecule has 114 valence electrons. The number of nitrogens with zero attached hydrogens (tertiary/aromatic N) is 1. The number of carbonyl (C=O) groups excluding carboxylic acids is 1. The molecule has 0 bridgehead atoms. The molecule has 0 aliphatic carbocycles. The summed E-state index contributed by atoms with van der Waals surface area (Å²) in [5, 5.41) is 11.2. The third-order valence-electron chi connectivity index (χ3n) is 2.30. The van der Waals surface area contributed by atoms with Crippen molar-refractivity contribution in [2.75, 3.05) is 26.4 Å². The molecular weight excluding hydrogens is 282 g/mol. The summed E-state index contributed by atoms with van der Waals surface area (Å²) in [4.78, 5) is 15.8. The molecule has 0 atom stereocenters. The van der Waals surface area contributed by atoms with Crippen molar-refractivity contribution >= 4 is 5.91 Å². The Hall–Kier alpha value is -2.04. The van der Waals surface area contributed by atoms with Gasteiger partial charge in [-0.3, -0.25) is 9.78 Å². The lowest BCUT2D eigenvalue weighted by Gasteiger charge is -2.07. The van der Waals surface area contributed by atoms with Crippen LogP contribution in [0.4, 0.5) is 8.78 Å². The van der Waals surface area contributed by atoms with Crippen LogP contribution >= 0.6 is 0 Å². The maximum absolute atomic E-state index is 11.9. The van der Waals surface area contributed by atoms with Gasteiger partial charge in [-0.1, -0.05) is 11.8 Å². The number of hydrogen-bond acceptors (Lipinski definition) is 4. The van der Waals surface area contributed by atoms with Crippen molar-refractivity contribution in [2.24, 2.45) is 0 Å². The zero-order chi connectivity index (χ0) is 15.5. The Labute approximate surface area is 121 Å². The van der Waals surface area contributed by atoms with E-state index in [1.54, 1.807) is 0 Å². The molecule has 1 rings (SSSR count). The lowest BCUT2D eigenvalue weighted by atomic mass is 10.1. The highest BCUT2D eigenvalue weighted by Gasteiger charge is 2.09. The van der Waals surface area contributed by atoms with Crippen molar-refractivity contribution in [1.82, 2.24) is 10.3 Å². The van der Waals surface area contributed by atoms with Crippen LogP contribution in [0.1, 0.15) is 22.3 Å². The number of aliphatic hydroxyl groups excluding tert-OH is 1. The van der Waals surface area contributed by atoms with Crippen molar-refractivity contribution in [3.05, 3.63) is 29.6 Å². The Balaban J connectivity index is 2.52. The summed E-state index contributed by atoms with van der Waals surface area (Å²) in [6, 6.07) is 1.51. The molecule has 2 N–H and O–H groups in total. The highest BCUT2D eigenvalue weighted by atomic mass is 19.3. The number of hydrogen-bond donors (Lipinski definition) is 2. The fourth-order valence-corrected chi connectivity index (χ4v) is 1.41. The molecule has 1 aromatic heterocycles. The van der Waals surface area contributed by atoms with Crippen LogP contribution < -0.4 is 5.32 Å². The number of carbonyl (C=O) groups is 1. The predicted octanol–water partition coefficient (Wildman–Crippen LogP) is 0.827. The number of alkyl halides is 2. The van der Waals surface area contributed by atoms with Gasteiger partial charge in [0.25, 0.3) is 12.3 Å². The maximum atomic E-state index is 11.9. The van der Waals surface area contributed by atoms with E-state index in [1.807, 2.05) is 0 Å². The van der Waals surface area contributed by atoms with E-state index in [9.17, 15) is 13.6 Å². The van der Waals surface area contributed by atoms with E-state index >= 15 is 0 Å². The summed E-state index contributed by atoms with van der Waals surface area (Å²) in [6.45, 7) is -0.580. The summed E-state index contributed by atoms with van der Waals surface area (Å²) in [5.41, 5.74) is 0.779. The van der Waals surface area contributed by atoms with Crippen molar-refractivity contribution < 1.29 is 23.4 Å². The number of amides is 1. The van der Waals surface area contributed by atoms with Crippen molar-refractivity contribution in [3.63, 3.8) is 0 Å². The van der Waals surface area contributed by atoms with Crippen molar-refractivity contribution in [3.8, 4) is 11.8 Å². The molecule has 0 saturated carbocycles. The summed E-state index contributed by atoms with van der Waals surface area (Å²) in [7, 11) is 0. The zero-order valence-corrected chi connectivity index (χ0v) is 11.3. The van der Waals surface area contributed by atoms with Crippen LogP contribution in [0.2, 0.25) is 0 Å². The fraction of sp³-hybridized carbons (Fsp3) is 0.429. The molecule has 1 heterocycles. The number of nitrogens with one attached hydrogen (secondary N) is 1. The Bertz CT molecular complexity index is 512. The number of rotatable bonds is 7. The van der Waals surface area contributed by atoms with Crippen molar-refractivity contribution in [1.29, 1.82) is 0 Å². The van der Waals surface area contributed by atoms with E-state index in [1.165, 1.54) is 18.5 Å².